The molecule has 1 saturated heterocycles. The van der Waals surface area contributed by atoms with E-state index in [0.29, 0.717) is 23.6 Å². The van der Waals surface area contributed by atoms with E-state index in [0.717, 1.165) is 0 Å². The fourth-order valence-corrected chi connectivity index (χ4v) is 4.73. The highest BCUT2D eigenvalue weighted by atomic mass is 32.2. The largest absolute Gasteiger partial charge is 0.462 e. The van der Waals surface area contributed by atoms with Crippen molar-refractivity contribution in [2.24, 2.45) is 5.92 Å². The summed E-state index contributed by atoms with van der Waals surface area (Å²) < 4.78 is 32.0. The van der Waals surface area contributed by atoms with Gasteiger partial charge in [-0.05, 0) is 32.6 Å². The smallest absolute Gasteiger partial charge is 0.340 e. The molecule has 10 nitrogen and oxygen atoms in total. The second kappa shape index (κ2) is 10.6. The predicted molar refractivity (Wildman–Crippen MR) is 125 cm³/mol. The van der Waals surface area contributed by atoms with Gasteiger partial charge in [0.1, 0.15) is 11.9 Å². The summed E-state index contributed by atoms with van der Waals surface area (Å²) in [6.07, 6.45) is 0. The number of nitrogens with zero attached hydrogens (tertiary/aromatic N) is 4. The Morgan fingerprint density at radius 3 is 2.53 bits per heavy atom. The van der Waals surface area contributed by atoms with Crippen molar-refractivity contribution in [2.75, 3.05) is 38.7 Å². The van der Waals surface area contributed by atoms with Gasteiger partial charge in [-0.25, -0.2) is 18.2 Å². The summed E-state index contributed by atoms with van der Waals surface area (Å²) in [6, 6.07) is 12.1. The van der Waals surface area contributed by atoms with E-state index in [-0.39, 0.29) is 36.6 Å². The number of hydrogen-bond donors (Lipinski definition) is 1. The van der Waals surface area contributed by atoms with E-state index in [1.807, 2.05) is 19.0 Å². The normalized spacial score (nSPS) is 13.8. The molecule has 11 heteroatoms. The van der Waals surface area contributed by atoms with Crippen molar-refractivity contribution >= 4 is 27.7 Å². The van der Waals surface area contributed by atoms with E-state index in [1.165, 1.54) is 6.07 Å². The summed E-state index contributed by atoms with van der Waals surface area (Å²) >= 11 is 0. The number of benzene rings is 1. The van der Waals surface area contributed by atoms with Crippen LogP contribution in [0.2, 0.25) is 0 Å². The van der Waals surface area contributed by atoms with Crippen LogP contribution in [0.5, 0.6) is 0 Å². The molecule has 180 valence electrons. The lowest BCUT2D eigenvalue weighted by Gasteiger charge is -2.39. The first-order valence-corrected chi connectivity index (χ1v) is 12.4. The van der Waals surface area contributed by atoms with E-state index in [9.17, 15) is 23.3 Å². The molecule has 2 aromatic rings. The summed E-state index contributed by atoms with van der Waals surface area (Å²) in [5.74, 6) is -1.66. The Kier molecular flexibility index (Phi) is 7.86. The van der Waals surface area contributed by atoms with Crippen LogP contribution in [0.3, 0.4) is 0 Å². The summed E-state index contributed by atoms with van der Waals surface area (Å²) in [4.78, 5) is 33.0. The molecule has 2 heterocycles. The molecule has 0 saturated carbocycles. The standard InChI is InChI=1S/C23H27N5O5S/c1-4-33-23(30)19-10-17(11-24)21(25-20(19)14-27(2)3)28-12-18(13-28)22(29)26-34(31,32)15-16-8-6-5-7-9-16/h5-10,18H,4,12-15H2,1-3H3,(H,26,29). The minimum absolute atomic E-state index is 0.182. The highest BCUT2D eigenvalue weighted by molar-refractivity contribution is 7.89. The number of anilines is 1. The number of sulfonamides is 1. The fourth-order valence-electron chi connectivity index (χ4n) is 3.55. The van der Waals surface area contributed by atoms with Gasteiger partial charge >= 0.3 is 5.97 Å². The van der Waals surface area contributed by atoms with E-state index < -0.39 is 27.8 Å². The van der Waals surface area contributed by atoms with Crippen molar-refractivity contribution in [3.8, 4) is 6.07 Å². The number of carbonyl (C=O) groups excluding carboxylic acids is 2. The molecule has 0 radical (unpaired) electrons. The van der Waals surface area contributed by atoms with E-state index in [2.05, 4.69) is 15.8 Å². The van der Waals surface area contributed by atoms with Crippen LogP contribution in [0.1, 0.15) is 34.1 Å². The first kappa shape index (κ1) is 25.1. The fraction of sp³-hybridized carbons (Fsp3) is 0.391. The van der Waals surface area contributed by atoms with Crippen LogP contribution in [0.4, 0.5) is 5.82 Å². The SMILES string of the molecule is CCOC(=O)c1cc(C#N)c(N2CC(C(=O)NS(=O)(=O)Cc3ccccc3)C2)nc1CN(C)C. The van der Waals surface area contributed by atoms with Crippen molar-refractivity contribution in [1.29, 1.82) is 5.26 Å². The molecule has 0 bridgehead atoms. The Morgan fingerprint density at radius 1 is 1.26 bits per heavy atom. The molecular formula is C23H27N5O5S. The number of amides is 1. The molecule has 34 heavy (non-hydrogen) atoms. The minimum atomic E-state index is -3.83. The number of carbonyl (C=O) groups is 2. The Bertz CT molecular complexity index is 1200. The van der Waals surface area contributed by atoms with E-state index >= 15 is 0 Å². The zero-order chi connectivity index (χ0) is 24.9. The van der Waals surface area contributed by atoms with Crippen LogP contribution in [-0.2, 0) is 31.9 Å². The van der Waals surface area contributed by atoms with Gasteiger partial charge in [-0.15, -0.1) is 0 Å². The molecule has 3 rings (SSSR count). The van der Waals surface area contributed by atoms with E-state index in [1.54, 1.807) is 42.2 Å². The van der Waals surface area contributed by atoms with Crippen LogP contribution in [0.25, 0.3) is 0 Å². The van der Waals surface area contributed by atoms with Crippen molar-refractivity contribution in [2.45, 2.75) is 19.2 Å². The molecular weight excluding hydrogens is 458 g/mol. The number of esters is 1. The zero-order valence-corrected chi connectivity index (χ0v) is 20.1. The maximum absolute atomic E-state index is 12.5. The van der Waals surface area contributed by atoms with Crippen LogP contribution in [0.15, 0.2) is 36.4 Å². The highest BCUT2D eigenvalue weighted by Gasteiger charge is 2.37. The lowest BCUT2D eigenvalue weighted by molar-refractivity contribution is -0.123. The van der Waals surface area contributed by atoms with Gasteiger partial charge in [-0.3, -0.25) is 9.52 Å². The van der Waals surface area contributed by atoms with Gasteiger partial charge in [0, 0.05) is 19.6 Å². The number of rotatable bonds is 9. The predicted octanol–water partition coefficient (Wildman–Crippen LogP) is 1.27. The van der Waals surface area contributed by atoms with Gasteiger partial charge in [-0.2, -0.15) is 5.26 Å². The summed E-state index contributed by atoms with van der Waals surface area (Å²) in [5.41, 5.74) is 1.44. The average Bonchev–Trinajstić information content (AvgIpc) is 2.72. The Morgan fingerprint density at radius 2 is 1.94 bits per heavy atom. The number of pyridine rings is 1. The molecule has 1 fully saturated rings. The number of aromatic nitrogens is 1. The third-order valence-electron chi connectivity index (χ3n) is 5.17. The molecule has 1 N–H and O–H groups in total. The van der Waals surface area contributed by atoms with Crippen molar-refractivity contribution in [3.63, 3.8) is 0 Å². The van der Waals surface area contributed by atoms with Gasteiger partial charge in [-0.1, -0.05) is 30.3 Å². The molecule has 1 aromatic carbocycles. The van der Waals surface area contributed by atoms with Crippen molar-refractivity contribution in [1.82, 2.24) is 14.6 Å². The third-order valence-corrected chi connectivity index (χ3v) is 6.40. The summed E-state index contributed by atoms with van der Waals surface area (Å²) in [5, 5.41) is 9.63. The average molecular weight is 486 g/mol. The number of hydrogen-bond acceptors (Lipinski definition) is 9. The first-order chi connectivity index (χ1) is 16.1. The molecule has 0 aliphatic carbocycles. The molecule has 1 aromatic heterocycles. The van der Waals surface area contributed by atoms with Crippen LogP contribution in [-0.4, -0.2) is 64.0 Å². The summed E-state index contributed by atoms with van der Waals surface area (Å²) in [7, 11) is -0.178. The molecule has 1 aliphatic heterocycles. The third kappa shape index (κ3) is 6.09. The first-order valence-electron chi connectivity index (χ1n) is 10.7. The number of nitrogens with one attached hydrogen (secondary N) is 1. The lowest BCUT2D eigenvalue weighted by Crippen LogP contribution is -2.55. The number of ether oxygens (including phenoxy) is 1. The zero-order valence-electron chi connectivity index (χ0n) is 19.3. The van der Waals surface area contributed by atoms with Crippen LogP contribution < -0.4 is 9.62 Å². The lowest BCUT2D eigenvalue weighted by atomic mass is 9.98. The Labute approximate surface area is 199 Å². The van der Waals surface area contributed by atoms with E-state index in [4.69, 9.17) is 4.74 Å². The Hall–Kier alpha value is -3.49. The molecule has 0 unspecified atom stereocenters. The quantitative estimate of drug-likeness (QED) is 0.521. The maximum Gasteiger partial charge on any atom is 0.340 e. The molecule has 0 atom stereocenters. The molecule has 0 spiro atoms. The number of nitriles is 1. The highest BCUT2D eigenvalue weighted by Crippen LogP contribution is 2.29. The maximum atomic E-state index is 12.5. The Balaban J connectivity index is 1.73. The van der Waals surface area contributed by atoms with Gasteiger partial charge in [0.15, 0.2) is 0 Å². The van der Waals surface area contributed by atoms with Gasteiger partial charge in [0.2, 0.25) is 15.9 Å². The molecule has 1 amide bonds. The summed E-state index contributed by atoms with van der Waals surface area (Å²) in [6.45, 7) is 2.65. The van der Waals surface area contributed by atoms with Gasteiger partial charge < -0.3 is 14.5 Å². The van der Waals surface area contributed by atoms with Gasteiger partial charge in [0.25, 0.3) is 0 Å². The van der Waals surface area contributed by atoms with Crippen molar-refractivity contribution < 1.29 is 22.7 Å². The molecule has 1 aliphatic rings. The van der Waals surface area contributed by atoms with Gasteiger partial charge in [0.05, 0.1) is 35.1 Å². The van der Waals surface area contributed by atoms with Crippen molar-refractivity contribution in [3.05, 3.63) is 58.8 Å². The monoisotopic (exact) mass is 485 g/mol. The second-order valence-corrected chi connectivity index (χ2v) is 9.96. The second-order valence-electron chi connectivity index (χ2n) is 8.24. The topological polar surface area (TPSA) is 133 Å². The van der Waals surface area contributed by atoms with Crippen LogP contribution in [0, 0.1) is 17.2 Å². The van der Waals surface area contributed by atoms with Crippen LogP contribution >= 0.6 is 0 Å². The minimum Gasteiger partial charge on any atom is -0.462 e.